The van der Waals surface area contributed by atoms with Gasteiger partial charge in [0, 0.05) is 46.7 Å². The summed E-state index contributed by atoms with van der Waals surface area (Å²) < 4.78 is 0. The number of fused-ring (bicyclic) bond motifs is 3. The van der Waals surface area contributed by atoms with Gasteiger partial charge in [0.25, 0.3) is 0 Å². The molecule has 4 heterocycles. The van der Waals surface area contributed by atoms with Crippen LogP contribution in [0.5, 0.6) is 0 Å². The van der Waals surface area contributed by atoms with Gasteiger partial charge in [-0.3, -0.25) is 47.9 Å². The van der Waals surface area contributed by atoms with E-state index in [1.807, 2.05) is 41.5 Å². The molecule has 420 valence electrons. The summed E-state index contributed by atoms with van der Waals surface area (Å²) in [4.78, 5) is 158. The fourth-order valence-corrected chi connectivity index (χ4v) is 12.0. The van der Waals surface area contributed by atoms with E-state index in [1.165, 1.54) is 33.7 Å². The van der Waals surface area contributed by atoms with Crippen molar-refractivity contribution < 1.29 is 47.9 Å². The fourth-order valence-electron chi connectivity index (χ4n) is 12.0. The first-order valence-corrected chi connectivity index (χ1v) is 28.0. The summed E-state index contributed by atoms with van der Waals surface area (Å²) >= 11 is 0. The topological polar surface area (TPSA) is 238 Å². The minimum Gasteiger partial charge on any atom is -0.343 e. The monoisotopic (exact) mass is 1060 g/mol. The molecule has 76 heavy (non-hydrogen) atoms. The van der Waals surface area contributed by atoms with Crippen LogP contribution in [0.4, 0.5) is 0 Å². The zero-order valence-electron chi connectivity index (χ0n) is 46.5. The van der Waals surface area contributed by atoms with Crippen molar-refractivity contribution in [3.8, 4) is 0 Å². The number of nitrogens with zero attached hydrogens (tertiary/aromatic N) is 6. The predicted octanol–water partition coefficient (Wildman–Crippen LogP) is 2.23. The van der Waals surface area contributed by atoms with Gasteiger partial charge in [-0.25, -0.2) is 0 Å². The van der Waals surface area contributed by atoms with Crippen LogP contribution in [-0.2, 0) is 54.4 Å². The number of hydrogen-bond acceptors (Lipinski definition) is 10. The van der Waals surface area contributed by atoms with E-state index in [-0.39, 0.29) is 81.4 Å². The predicted molar refractivity (Wildman–Crippen MR) is 284 cm³/mol. The lowest BCUT2D eigenvalue weighted by atomic mass is 9.88. The minimum absolute atomic E-state index is 0.0676. The zero-order chi connectivity index (χ0) is 55.5. The molecule has 20 heteroatoms. The molecule has 1 unspecified atom stereocenters. The Labute approximate surface area is 449 Å². The number of benzene rings is 1. The number of rotatable bonds is 11. The third-order valence-electron chi connectivity index (χ3n) is 15.8. The molecular formula is C56H86N10O10. The molecule has 5 aliphatic rings. The van der Waals surface area contributed by atoms with Crippen molar-refractivity contribution >= 4 is 59.1 Å². The normalized spacial score (nSPS) is 28.0. The second-order valence-electron chi connectivity index (χ2n) is 23.2. The number of nitrogens with one attached hydrogen (secondary N) is 4. The van der Waals surface area contributed by atoms with Crippen LogP contribution in [0.2, 0.25) is 0 Å². The molecule has 4 saturated heterocycles. The Morgan fingerprint density at radius 3 is 1.37 bits per heavy atom. The smallest absolute Gasteiger partial charge is 0.246 e. The van der Waals surface area contributed by atoms with Gasteiger partial charge in [0.2, 0.25) is 59.1 Å². The Hall–Kier alpha value is -6.08. The first-order valence-electron chi connectivity index (χ1n) is 28.0. The van der Waals surface area contributed by atoms with Crippen molar-refractivity contribution in [1.29, 1.82) is 0 Å². The van der Waals surface area contributed by atoms with Gasteiger partial charge < -0.3 is 50.7 Å². The van der Waals surface area contributed by atoms with Gasteiger partial charge in [0.05, 0.1) is 13.1 Å². The fraction of sp³-hybridized carbons (Fsp3) is 0.714. The van der Waals surface area contributed by atoms with Gasteiger partial charge in [-0.2, -0.15) is 0 Å². The Morgan fingerprint density at radius 2 is 0.908 bits per heavy atom. The number of hydrogen-bond donors (Lipinski definition) is 4. The highest BCUT2D eigenvalue weighted by molar-refractivity contribution is 6.03. The van der Waals surface area contributed by atoms with E-state index in [9.17, 15) is 19.2 Å². The van der Waals surface area contributed by atoms with Crippen molar-refractivity contribution in [2.45, 2.75) is 180 Å². The molecule has 0 radical (unpaired) electrons. The molecule has 6 rings (SSSR count). The standard InChI is InChI=1S/C56H86N10O10/c1-10-63-32-45(67)57-39(27-34(2)3)51(71)61(8)47-48(50(70)60-42(30-37-19-13-11-14-20-37)54(74)65-25-17-23-43(65)55(63)75)62(9)52(72)40(28-35(4)5)58-46(68)33-64(31-38-21-15-12-16-22-38)56(76)44-24-18-26-66(44)53(73)41(29-36(6)7)59-49(47)69/h11,13-14,19-20,34-36,38-44,47-48H,10,12,15-18,21-33H2,1-9H3,(H,57,67)(H,58,68)(H,59,69)(H,60,70)/t39-,40-,41-,42-,43+,44+,47-,48?/m0/s1. The van der Waals surface area contributed by atoms with Crippen molar-refractivity contribution in [1.82, 2.24) is 50.7 Å². The number of carbonyl (C=O) groups is 10. The van der Waals surface area contributed by atoms with Crippen LogP contribution >= 0.6 is 0 Å². The lowest BCUT2D eigenvalue weighted by Crippen LogP contribution is -2.69. The number of amides is 10. The molecule has 0 spiro atoms. The molecule has 4 aliphatic heterocycles. The van der Waals surface area contributed by atoms with Crippen molar-refractivity contribution in [2.24, 2.45) is 23.7 Å². The molecule has 1 aromatic rings. The van der Waals surface area contributed by atoms with Crippen LogP contribution < -0.4 is 21.3 Å². The maximum atomic E-state index is 15.8. The van der Waals surface area contributed by atoms with E-state index < -0.39 is 115 Å². The first-order chi connectivity index (χ1) is 36.1. The Balaban J connectivity index is 1.56. The van der Waals surface area contributed by atoms with Gasteiger partial charge in [0.15, 0.2) is 0 Å². The maximum Gasteiger partial charge on any atom is 0.246 e. The van der Waals surface area contributed by atoms with E-state index in [1.54, 1.807) is 37.3 Å². The summed E-state index contributed by atoms with van der Waals surface area (Å²) in [5.41, 5.74) is 0.649. The summed E-state index contributed by atoms with van der Waals surface area (Å²) in [5, 5.41) is 11.5. The first kappa shape index (κ1) is 59.2. The highest BCUT2D eigenvalue weighted by Crippen LogP contribution is 2.29. The van der Waals surface area contributed by atoms with E-state index in [4.69, 9.17) is 0 Å². The van der Waals surface area contributed by atoms with Crippen LogP contribution in [0.15, 0.2) is 30.3 Å². The molecule has 1 aromatic carbocycles. The molecule has 0 bridgehead atoms. The van der Waals surface area contributed by atoms with Crippen molar-refractivity contribution in [3.63, 3.8) is 0 Å². The molecule has 1 saturated carbocycles. The molecule has 0 aromatic heterocycles. The minimum atomic E-state index is -1.94. The third-order valence-corrected chi connectivity index (χ3v) is 15.8. The van der Waals surface area contributed by atoms with Crippen molar-refractivity contribution in [3.05, 3.63) is 35.9 Å². The summed E-state index contributed by atoms with van der Waals surface area (Å²) in [7, 11) is 2.59. The summed E-state index contributed by atoms with van der Waals surface area (Å²) in [6.07, 6.45) is 6.52. The van der Waals surface area contributed by atoms with E-state index in [2.05, 4.69) is 21.3 Å². The van der Waals surface area contributed by atoms with E-state index in [0.717, 1.165) is 41.9 Å². The second kappa shape index (κ2) is 26.8. The third kappa shape index (κ3) is 14.7. The Kier molecular flexibility index (Phi) is 20.9. The van der Waals surface area contributed by atoms with Gasteiger partial charge in [-0.15, -0.1) is 0 Å². The zero-order valence-corrected chi connectivity index (χ0v) is 46.5. The van der Waals surface area contributed by atoms with E-state index in [0.29, 0.717) is 31.2 Å². The maximum absolute atomic E-state index is 15.8. The van der Waals surface area contributed by atoms with Crippen LogP contribution in [0.1, 0.15) is 131 Å². The lowest BCUT2D eigenvalue weighted by molar-refractivity contribution is -0.155. The quantitative estimate of drug-likeness (QED) is 0.252. The largest absolute Gasteiger partial charge is 0.343 e. The highest BCUT2D eigenvalue weighted by Gasteiger charge is 2.50. The lowest BCUT2D eigenvalue weighted by Gasteiger charge is -2.42. The molecule has 1 aliphatic carbocycles. The molecule has 5 fully saturated rings. The van der Waals surface area contributed by atoms with Crippen molar-refractivity contribution in [2.75, 3.05) is 53.4 Å². The van der Waals surface area contributed by atoms with Gasteiger partial charge in [-0.1, -0.05) is 91.1 Å². The molecule has 20 nitrogen and oxygen atoms in total. The van der Waals surface area contributed by atoms with Gasteiger partial charge in [0.1, 0.15) is 48.3 Å². The molecule has 10 amide bonds. The SMILES string of the molecule is CCN1CC(=O)N[C@@H](CC(C)C)C(=O)N(C)[C@@H]2C(=O)N[C@@H](CC(C)C)C(=O)N3CCC[C@@H]3C(=O)N(CC3CCCCC3)CC(=O)N[C@@H](CC(C)C)C(=O)N(C)C2C(=O)N[C@@H](Cc2ccccc2)C(=O)N2CCC[C@@H]2C1=O. The highest BCUT2D eigenvalue weighted by atomic mass is 16.2. The summed E-state index contributed by atoms with van der Waals surface area (Å²) in [6.45, 7) is 12.8. The van der Waals surface area contributed by atoms with Crippen LogP contribution in [0, 0.1) is 23.7 Å². The van der Waals surface area contributed by atoms with Crippen LogP contribution in [0.25, 0.3) is 0 Å². The molecule has 4 N–H and O–H groups in total. The molecular weight excluding hydrogens is 973 g/mol. The summed E-state index contributed by atoms with van der Waals surface area (Å²) in [6, 6.07) is -2.15. The van der Waals surface area contributed by atoms with Crippen LogP contribution in [0.3, 0.4) is 0 Å². The molecule has 8 atom stereocenters. The number of likely N-dealkylation sites (N-methyl/N-ethyl adjacent to an activating group) is 3. The van der Waals surface area contributed by atoms with Gasteiger partial charge in [-0.05, 0) is 93.9 Å². The van der Waals surface area contributed by atoms with E-state index >= 15 is 28.8 Å². The summed E-state index contributed by atoms with van der Waals surface area (Å²) in [5.74, 6) is -7.38. The van der Waals surface area contributed by atoms with Gasteiger partial charge >= 0.3 is 0 Å². The average Bonchev–Trinajstić information content (AvgIpc) is 4.08. The van der Waals surface area contributed by atoms with Crippen LogP contribution in [-0.4, -0.2) is 190 Å². The average molecular weight is 1060 g/mol. The Bertz CT molecular complexity index is 2270. The second-order valence-corrected chi connectivity index (χ2v) is 23.2. The Morgan fingerprint density at radius 1 is 0.487 bits per heavy atom. The number of carbonyl (C=O) groups excluding carboxylic acids is 10.